The van der Waals surface area contributed by atoms with Crippen molar-refractivity contribution in [3.8, 4) is 0 Å². The van der Waals surface area contributed by atoms with Gasteiger partial charge in [0.15, 0.2) is 5.69 Å². The molecule has 1 aromatic heterocycles. The minimum atomic E-state index is 0.0468. The van der Waals surface area contributed by atoms with Crippen LogP contribution in [0.1, 0.15) is 67.4 Å². The third kappa shape index (κ3) is 4.65. The Morgan fingerprint density at radius 1 is 1.13 bits per heavy atom. The van der Waals surface area contributed by atoms with Gasteiger partial charge in [-0.15, -0.1) is 0 Å². The summed E-state index contributed by atoms with van der Waals surface area (Å²) in [4.78, 5) is 18.4. The molecule has 3 heterocycles. The van der Waals surface area contributed by atoms with Gasteiger partial charge < -0.3 is 14.5 Å². The number of benzene rings is 1. The van der Waals surface area contributed by atoms with Crippen LogP contribution in [0, 0.1) is 12.8 Å². The lowest BCUT2D eigenvalue weighted by atomic mass is 9.94. The van der Waals surface area contributed by atoms with E-state index in [0.717, 1.165) is 48.5 Å². The lowest BCUT2D eigenvalue weighted by Gasteiger charge is -2.38. The fourth-order valence-corrected chi connectivity index (χ4v) is 5.80. The molecule has 0 unspecified atom stereocenters. The van der Waals surface area contributed by atoms with Crippen LogP contribution in [0.2, 0.25) is 0 Å². The zero-order valence-corrected chi connectivity index (χ0v) is 18.8. The Hall–Kier alpha value is -1.92. The van der Waals surface area contributed by atoms with Gasteiger partial charge in [0.25, 0.3) is 5.91 Å². The van der Waals surface area contributed by atoms with Crippen LogP contribution in [-0.4, -0.2) is 70.8 Å². The fraction of sp³-hybridized carbons (Fsp3) is 0.680. The fourth-order valence-electron chi connectivity index (χ4n) is 5.80. The van der Waals surface area contributed by atoms with E-state index in [1.165, 1.54) is 51.6 Å². The van der Waals surface area contributed by atoms with Crippen molar-refractivity contribution in [3.05, 3.63) is 29.5 Å². The van der Waals surface area contributed by atoms with Gasteiger partial charge in [-0.3, -0.25) is 9.89 Å². The smallest absolute Gasteiger partial charge is 0.275 e. The van der Waals surface area contributed by atoms with Crippen LogP contribution in [0.4, 0.5) is 0 Å². The number of aromatic amines is 1. The number of nitrogens with zero attached hydrogens (tertiary/aromatic N) is 3. The number of amides is 1. The van der Waals surface area contributed by atoms with Crippen molar-refractivity contribution in [1.82, 2.24) is 20.0 Å². The summed E-state index contributed by atoms with van der Waals surface area (Å²) in [7, 11) is 0. The molecule has 168 valence electrons. The van der Waals surface area contributed by atoms with E-state index >= 15 is 0 Å². The third-order valence-corrected chi connectivity index (χ3v) is 7.62. The number of carbonyl (C=O) groups is 1. The van der Waals surface area contributed by atoms with Crippen LogP contribution in [0.5, 0.6) is 0 Å². The molecule has 2 saturated heterocycles. The Kier molecular flexibility index (Phi) is 6.28. The number of carbonyl (C=O) groups excluding carboxylic acids is 1. The van der Waals surface area contributed by atoms with Gasteiger partial charge >= 0.3 is 0 Å². The SMILES string of the molecule is Cc1ccc2[nH]nc(C(=O)N(CC3CCN(C4CCCC4)CC3)C[C@H]3CCCO3)c2c1. The minimum Gasteiger partial charge on any atom is -0.376 e. The van der Waals surface area contributed by atoms with Gasteiger partial charge in [-0.2, -0.15) is 5.10 Å². The number of nitrogens with one attached hydrogen (secondary N) is 1. The molecule has 1 saturated carbocycles. The standard InChI is InChI=1S/C25H36N4O2/c1-18-8-9-23-22(15-18)24(27-26-23)25(30)29(17-21-7-4-14-31-21)16-19-10-12-28(13-11-19)20-5-2-3-6-20/h8-9,15,19-21H,2-7,10-14,16-17H2,1H3,(H,26,27)/t21-/m1/s1. The highest BCUT2D eigenvalue weighted by Crippen LogP contribution is 2.29. The molecule has 1 atom stereocenters. The minimum absolute atomic E-state index is 0.0468. The van der Waals surface area contributed by atoms with E-state index < -0.39 is 0 Å². The van der Waals surface area contributed by atoms with Gasteiger partial charge in [0.1, 0.15) is 0 Å². The van der Waals surface area contributed by atoms with Crippen molar-refractivity contribution in [1.29, 1.82) is 0 Å². The predicted octanol–water partition coefficient (Wildman–Crippen LogP) is 4.15. The van der Waals surface area contributed by atoms with E-state index in [9.17, 15) is 4.79 Å². The number of piperidine rings is 1. The third-order valence-electron chi connectivity index (χ3n) is 7.62. The summed E-state index contributed by atoms with van der Waals surface area (Å²) in [6.45, 7) is 6.74. The lowest BCUT2D eigenvalue weighted by Crippen LogP contribution is -2.45. The van der Waals surface area contributed by atoms with Gasteiger partial charge in [-0.1, -0.05) is 24.5 Å². The van der Waals surface area contributed by atoms with Crippen molar-refractivity contribution >= 4 is 16.8 Å². The van der Waals surface area contributed by atoms with Crippen LogP contribution in [0.3, 0.4) is 0 Å². The van der Waals surface area contributed by atoms with E-state index in [-0.39, 0.29) is 12.0 Å². The summed E-state index contributed by atoms with van der Waals surface area (Å²) in [5, 5.41) is 8.40. The molecule has 5 rings (SSSR count). The first-order chi connectivity index (χ1) is 15.2. The Labute approximate surface area is 185 Å². The van der Waals surface area contributed by atoms with E-state index in [4.69, 9.17) is 4.74 Å². The quantitative estimate of drug-likeness (QED) is 0.757. The molecule has 3 aliphatic rings. The number of rotatable bonds is 6. The Balaban J connectivity index is 1.29. The van der Waals surface area contributed by atoms with Gasteiger partial charge in [-0.05, 0) is 76.6 Å². The number of H-pyrrole nitrogens is 1. The predicted molar refractivity (Wildman–Crippen MR) is 122 cm³/mol. The Bertz CT molecular complexity index is 890. The molecule has 1 amide bonds. The number of fused-ring (bicyclic) bond motifs is 1. The molecule has 1 aliphatic carbocycles. The number of ether oxygens (including phenoxy) is 1. The first-order valence-corrected chi connectivity index (χ1v) is 12.3. The number of aryl methyl sites for hydroxylation is 1. The lowest BCUT2D eigenvalue weighted by molar-refractivity contribution is 0.0426. The van der Waals surface area contributed by atoms with Gasteiger partial charge in [0, 0.05) is 31.1 Å². The van der Waals surface area contributed by atoms with Crippen molar-refractivity contribution in [2.75, 3.05) is 32.8 Å². The van der Waals surface area contributed by atoms with Crippen LogP contribution in [0.25, 0.3) is 10.9 Å². The maximum Gasteiger partial charge on any atom is 0.275 e. The topological polar surface area (TPSA) is 61.5 Å². The highest BCUT2D eigenvalue weighted by molar-refractivity contribution is 6.04. The summed E-state index contributed by atoms with van der Waals surface area (Å²) in [5.41, 5.74) is 2.63. The largest absolute Gasteiger partial charge is 0.376 e. The molecule has 31 heavy (non-hydrogen) atoms. The van der Waals surface area contributed by atoms with Crippen molar-refractivity contribution in [2.45, 2.75) is 70.4 Å². The van der Waals surface area contributed by atoms with Gasteiger partial charge in [0.2, 0.25) is 0 Å². The van der Waals surface area contributed by atoms with E-state index in [2.05, 4.69) is 34.2 Å². The molecule has 6 nitrogen and oxygen atoms in total. The molecule has 3 fully saturated rings. The van der Waals surface area contributed by atoms with E-state index in [1.807, 2.05) is 11.0 Å². The summed E-state index contributed by atoms with van der Waals surface area (Å²) in [5.74, 6) is 0.612. The highest BCUT2D eigenvalue weighted by Gasteiger charge is 2.31. The number of aromatic nitrogens is 2. The molecule has 2 aliphatic heterocycles. The molecule has 0 radical (unpaired) electrons. The monoisotopic (exact) mass is 424 g/mol. The van der Waals surface area contributed by atoms with Gasteiger partial charge in [0.05, 0.1) is 11.6 Å². The molecular formula is C25H36N4O2. The van der Waals surface area contributed by atoms with E-state index in [1.54, 1.807) is 0 Å². The molecule has 1 N–H and O–H groups in total. The van der Waals surface area contributed by atoms with Gasteiger partial charge in [-0.25, -0.2) is 0 Å². The highest BCUT2D eigenvalue weighted by atomic mass is 16.5. The zero-order chi connectivity index (χ0) is 21.2. The zero-order valence-electron chi connectivity index (χ0n) is 18.8. The van der Waals surface area contributed by atoms with Crippen LogP contribution >= 0.6 is 0 Å². The first-order valence-electron chi connectivity index (χ1n) is 12.3. The van der Waals surface area contributed by atoms with Crippen molar-refractivity contribution in [3.63, 3.8) is 0 Å². The normalized spacial score (nSPS) is 23.7. The second kappa shape index (κ2) is 9.29. The Morgan fingerprint density at radius 2 is 1.94 bits per heavy atom. The molecular weight excluding hydrogens is 388 g/mol. The maximum absolute atomic E-state index is 13.6. The van der Waals surface area contributed by atoms with Crippen LogP contribution in [-0.2, 0) is 4.74 Å². The summed E-state index contributed by atoms with van der Waals surface area (Å²) in [6.07, 6.45) is 10.2. The van der Waals surface area contributed by atoms with Crippen molar-refractivity contribution < 1.29 is 9.53 Å². The average Bonchev–Trinajstić information content (AvgIpc) is 3.55. The van der Waals surface area contributed by atoms with Crippen LogP contribution in [0.15, 0.2) is 18.2 Å². The van der Waals surface area contributed by atoms with Crippen molar-refractivity contribution in [2.24, 2.45) is 5.92 Å². The molecule has 1 aromatic carbocycles. The number of hydrogen-bond donors (Lipinski definition) is 1. The summed E-state index contributed by atoms with van der Waals surface area (Å²) < 4.78 is 5.90. The summed E-state index contributed by atoms with van der Waals surface area (Å²) in [6, 6.07) is 6.94. The maximum atomic E-state index is 13.6. The molecule has 6 heteroatoms. The molecule has 2 aromatic rings. The first kappa shape index (κ1) is 21.0. The summed E-state index contributed by atoms with van der Waals surface area (Å²) >= 11 is 0. The second-order valence-corrected chi connectivity index (χ2v) is 9.88. The number of likely N-dealkylation sites (tertiary alicyclic amines) is 1. The molecule has 0 spiro atoms. The molecule has 0 bridgehead atoms. The average molecular weight is 425 g/mol. The number of hydrogen-bond acceptors (Lipinski definition) is 4. The van der Waals surface area contributed by atoms with E-state index in [0.29, 0.717) is 18.2 Å². The second-order valence-electron chi connectivity index (χ2n) is 9.88. The Morgan fingerprint density at radius 3 is 2.68 bits per heavy atom. The van der Waals surface area contributed by atoms with Crippen LogP contribution < -0.4 is 0 Å².